The van der Waals surface area contributed by atoms with Crippen molar-refractivity contribution in [2.75, 3.05) is 7.11 Å². The van der Waals surface area contributed by atoms with Gasteiger partial charge in [-0.1, -0.05) is 0 Å². The van der Waals surface area contributed by atoms with Crippen molar-refractivity contribution in [3.63, 3.8) is 0 Å². The molecule has 0 aromatic heterocycles. The summed E-state index contributed by atoms with van der Waals surface area (Å²) in [4.78, 5) is 12.5. The van der Waals surface area contributed by atoms with Crippen LogP contribution in [0.4, 0.5) is 0 Å². The SMILES string of the molecule is COc1ccc(C2(O)CC(=O)c3c(O)c(C)c(O)c(C)c3O2)cc1. The molecule has 1 heterocycles. The van der Waals surface area contributed by atoms with Crippen molar-refractivity contribution in [3.8, 4) is 23.0 Å². The predicted octanol–water partition coefficient (Wildman–Crippen LogP) is 2.53. The largest absolute Gasteiger partial charge is 0.507 e. The molecule has 1 aliphatic heterocycles. The van der Waals surface area contributed by atoms with E-state index in [0.717, 1.165) is 0 Å². The summed E-state index contributed by atoms with van der Waals surface area (Å²) in [7, 11) is 1.53. The molecule has 3 rings (SSSR count). The van der Waals surface area contributed by atoms with Crippen molar-refractivity contribution < 1.29 is 29.6 Å². The molecule has 0 spiro atoms. The zero-order valence-corrected chi connectivity index (χ0v) is 13.6. The lowest BCUT2D eigenvalue weighted by atomic mass is 9.89. The number of phenolic OH excluding ortho intramolecular Hbond substituents is 2. The van der Waals surface area contributed by atoms with Crippen LogP contribution in [0.2, 0.25) is 0 Å². The fourth-order valence-corrected chi connectivity index (χ4v) is 2.89. The molecule has 0 saturated carbocycles. The van der Waals surface area contributed by atoms with Crippen LogP contribution in [0.1, 0.15) is 33.5 Å². The molecule has 0 amide bonds. The van der Waals surface area contributed by atoms with Crippen LogP contribution in [-0.4, -0.2) is 28.2 Å². The molecule has 6 nitrogen and oxygen atoms in total. The minimum absolute atomic E-state index is 0.00910. The first-order valence-electron chi connectivity index (χ1n) is 7.42. The Morgan fingerprint density at radius 1 is 1.08 bits per heavy atom. The summed E-state index contributed by atoms with van der Waals surface area (Å²) >= 11 is 0. The third-order valence-corrected chi connectivity index (χ3v) is 4.36. The number of benzene rings is 2. The Hall–Kier alpha value is -2.73. The number of rotatable bonds is 2. The normalized spacial score (nSPS) is 19.6. The molecule has 0 radical (unpaired) electrons. The minimum Gasteiger partial charge on any atom is -0.507 e. The predicted molar refractivity (Wildman–Crippen MR) is 85.7 cm³/mol. The Morgan fingerprint density at radius 3 is 2.29 bits per heavy atom. The van der Waals surface area contributed by atoms with Gasteiger partial charge in [-0.2, -0.15) is 0 Å². The van der Waals surface area contributed by atoms with E-state index in [4.69, 9.17) is 9.47 Å². The van der Waals surface area contributed by atoms with Crippen molar-refractivity contribution in [2.24, 2.45) is 0 Å². The number of ketones is 1. The molecule has 0 aliphatic carbocycles. The topological polar surface area (TPSA) is 96.2 Å². The Morgan fingerprint density at radius 2 is 1.71 bits per heavy atom. The van der Waals surface area contributed by atoms with Crippen molar-refractivity contribution >= 4 is 5.78 Å². The van der Waals surface area contributed by atoms with Gasteiger partial charge in [0.2, 0.25) is 5.79 Å². The summed E-state index contributed by atoms with van der Waals surface area (Å²) in [6.45, 7) is 3.07. The second-order valence-electron chi connectivity index (χ2n) is 5.87. The van der Waals surface area contributed by atoms with E-state index in [1.54, 1.807) is 31.2 Å². The third kappa shape index (κ3) is 2.27. The van der Waals surface area contributed by atoms with Gasteiger partial charge in [0.25, 0.3) is 0 Å². The molecule has 1 atom stereocenters. The third-order valence-electron chi connectivity index (χ3n) is 4.36. The summed E-state index contributed by atoms with van der Waals surface area (Å²) in [6.07, 6.45) is -0.344. The summed E-state index contributed by atoms with van der Waals surface area (Å²) in [5.74, 6) is -2.24. The van der Waals surface area contributed by atoms with E-state index in [2.05, 4.69) is 0 Å². The molecule has 1 aliphatic rings. The molecule has 0 fully saturated rings. The fraction of sp³-hybridized carbons (Fsp3) is 0.278. The van der Waals surface area contributed by atoms with E-state index in [9.17, 15) is 20.1 Å². The first kappa shape index (κ1) is 16.1. The molecule has 126 valence electrons. The van der Waals surface area contributed by atoms with E-state index in [1.165, 1.54) is 14.0 Å². The number of hydrogen-bond donors (Lipinski definition) is 3. The van der Waals surface area contributed by atoms with Gasteiger partial charge < -0.3 is 24.8 Å². The van der Waals surface area contributed by atoms with Crippen molar-refractivity contribution in [1.82, 2.24) is 0 Å². The number of Topliss-reactive ketones (excluding diaryl/α,β-unsaturated/α-hetero) is 1. The lowest BCUT2D eigenvalue weighted by Crippen LogP contribution is -2.39. The Balaban J connectivity index is 2.13. The van der Waals surface area contributed by atoms with Gasteiger partial charge in [-0.25, -0.2) is 0 Å². The van der Waals surface area contributed by atoms with Crippen LogP contribution in [-0.2, 0) is 5.79 Å². The van der Waals surface area contributed by atoms with E-state index in [-0.39, 0.29) is 34.8 Å². The Bertz CT molecular complexity index is 825. The van der Waals surface area contributed by atoms with Crippen LogP contribution in [0.25, 0.3) is 0 Å². The zero-order valence-electron chi connectivity index (χ0n) is 13.6. The molecule has 6 heteroatoms. The van der Waals surface area contributed by atoms with Gasteiger partial charge in [-0.15, -0.1) is 0 Å². The lowest BCUT2D eigenvalue weighted by molar-refractivity contribution is -0.148. The summed E-state index contributed by atoms with van der Waals surface area (Å²) in [6, 6.07) is 6.49. The number of aliphatic hydroxyl groups is 1. The van der Waals surface area contributed by atoms with E-state index in [1.807, 2.05) is 0 Å². The van der Waals surface area contributed by atoms with Crippen LogP contribution in [0.5, 0.6) is 23.0 Å². The lowest BCUT2D eigenvalue weighted by Gasteiger charge is -2.35. The van der Waals surface area contributed by atoms with Crippen LogP contribution < -0.4 is 9.47 Å². The highest BCUT2D eigenvalue weighted by molar-refractivity contribution is 6.04. The van der Waals surface area contributed by atoms with Crippen molar-refractivity contribution in [1.29, 1.82) is 0 Å². The van der Waals surface area contributed by atoms with Crippen LogP contribution in [0, 0.1) is 13.8 Å². The smallest absolute Gasteiger partial charge is 0.242 e. The maximum Gasteiger partial charge on any atom is 0.242 e. The monoisotopic (exact) mass is 330 g/mol. The maximum absolute atomic E-state index is 12.5. The standard InChI is InChI=1S/C18H18O6/c1-9-15(20)10(2)17-14(16(9)21)13(19)8-18(22,24-17)11-4-6-12(23-3)7-5-11/h4-7,20-22H,8H2,1-3H3. The minimum atomic E-state index is -1.88. The first-order valence-corrected chi connectivity index (χ1v) is 7.42. The van der Waals surface area contributed by atoms with Gasteiger partial charge in [-0.3, -0.25) is 4.79 Å². The molecule has 1 unspecified atom stereocenters. The number of aromatic hydroxyl groups is 2. The average molecular weight is 330 g/mol. The Labute approximate surface area is 138 Å². The molecule has 2 aromatic rings. The van der Waals surface area contributed by atoms with Gasteiger partial charge in [0.05, 0.1) is 13.5 Å². The van der Waals surface area contributed by atoms with Gasteiger partial charge in [0.1, 0.15) is 28.6 Å². The number of carbonyl (C=O) groups excluding carboxylic acids is 1. The number of carbonyl (C=O) groups is 1. The highest BCUT2D eigenvalue weighted by atomic mass is 16.6. The molecule has 3 N–H and O–H groups in total. The average Bonchev–Trinajstić information content (AvgIpc) is 2.57. The van der Waals surface area contributed by atoms with Gasteiger partial charge in [0.15, 0.2) is 5.78 Å². The zero-order chi connectivity index (χ0) is 17.6. The quantitative estimate of drug-likeness (QED) is 0.783. The highest BCUT2D eigenvalue weighted by Gasteiger charge is 2.43. The second kappa shape index (κ2) is 5.42. The summed E-state index contributed by atoms with van der Waals surface area (Å²) < 4.78 is 10.7. The fourth-order valence-electron chi connectivity index (χ4n) is 2.89. The summed E-state index contributed by atoms with van der Waals surface area (Å²) in [5.41, 5.74) is 0.862. The van der Waals surface area contributed by atoms with E-state index in [0.29, 0.717) is 16.9 Å². The number of ether oxygens (including phenoxy) is 2. The van der Waals surface area contributed by atoms with Crippen LogP contribution >= 0.6 is 0 Å². The van der Waals surface area contributed by atoms with Crippen LogP contribution in [0.3, 0.4) is 0 Å². The van der Waals surface area contributed by atoms with Gasteiger partial charge in [0, 0.05) is 16.7 Å². The molecule has 2 aromatic carbocycles. The Kier molecular flexibility index (Phi) is 3.64. The number of phenols is 2. The van der Waals surface area contributed by atoms with E-state index >= 15 is 0 Å². The number of fused-ring (bicyclic) bond motifs is 1. The first-order chi connectivity index (χ1) is 11.3. The molecule has 0 saturated heterocycles. The van der Waals surface area contributed by atoms with Crippen molar-refractivity contribution in [2.45, 2.75) is 26.1 Å². The molecule has 0 bridgehead atoms. The van der Waals surface area contributed by atoms with E-state index < -0.39 is 11.6 Å². The molecular formula is C18H18O6. The molecule has 24 heavy (non-hydrogen) atoms. The van der Waals surface area contributed by atoms with Gasteiger partial charge in [-0.05, 0) is 38.1 Å². The number of methoxy groups -OCH3 is 1. The maximum atomic E-state index is 12.5. The molecular weight excluding hydrogens is 312 g/mol. The number of hydrogen-bond acceptors (Lipinski definition) is 6. The van der Waals surface area contributed by atoms with Gasteiger partial charge >= 0.3 is 0 Å². The second-order valence-corrected chi connectivity index (χ2v) is 5.87. The highest BCUT2D eigenvalue weighted by Crippen LogP contribution is 2.48. The summed E-state index contributed by atoms with van der Waals surface area (Å²) in [5, 5.41) is 31.1. The van der Waals surface area contributed by atoms with Crippen LogP contribution in [0.15, 0.2) is 24.3 Å². The van der Waals surface area contributed by atoms with Crippen molar-refractivity contribution in [3.05, 3.63) is 46.5 Å².